The van der Waals surface area contributed by atoms with E-state index in [0.717, 1.165) is 57.9 Å². The highest BCUT2D eigenvalue weighted by Crippen LogP contribution is 2.48. The summed E-state index contributed by atoms with van der Waals surface area (Å²) >= 11 is 0. The summed E-state index contributed by atoms with van der Waals surface area (Å²) in [5.41, 5.74) is 0.862. The fourth-order valence-corrected chi connectivity index (χ4v) is 14.1. The maximum Gasteiger partial charge on any atom is 0.307 e. The lowest BCUT2D eigenvalue weighted by Gasteiger charge is -2.30. The SMILES string of the molecule is CCCCC/C=C\C/C=C\CCCCCCCCC1(CCCCCCCC/C=C\C/C=C\CCCCC)CCC(O)C1.CCCCC/C=C\C/C=C\CCCCCCCCC1(CCCCCCCC/C=C\C/C=C\CCCCC)CCC(OC(=O)CCN(C)C)C1. The molecule has 0 radical (unpaired) electrons. The fourth-order valence-electron chi connectivity index (χ4n) is 14.1. The molecule has 0 saturated heterocycles. The Labute approximate surface area is 569 Å². The van der Waals surface area contributed by atoms with Gasteiger partial charge in [-0.25, -0.2) is 0 Å². The number of allylic oxidation sites excluding steroid dienone is 16. The van der Waals surface area contributed by atoms with Gasteiger partial charge in [0.15, 0.2) is 0 Å². The minimum absolute atomic E-state index is 0.00284. The van der Waals surface area contributed by atoms with Crippen LogP contribution in [0.1, 0.15) is 407 Å². The summed E-state index contributed by atoms with van der Waals surface area (Å²) in [6.07, 6.45) is 114. The highest BCUT2D eigenvalue weighted by molar-refractivity contribution is 5.69. The molecule has 91 heavy (non-hydrogen) atoms. The molecule has 0 spiro atoms. The van der Waals surface area contributed by atoms with E-state index >= 15 is 0 Å². The normalized spacial score (nSPS) is 16.8. The largest absolute Gasteiger partial charge is 0.462 e. The average molecular weight is 1270 g/mol. The van der Waals surface area contributed by atoms with Gasteiger partial charge in [-0.3, -0.25) is 4.79 Å². The molecule has 4 nitrogen and oxygen atoms in total. The number of carbonyl (C=O) groups excluding carboxylic acids is 1. The number of ether oxygens (including phenoxy) is 1. The summed E-state index contributed by atoms with van der Waals surface area (Å²) in [6, 6.07) is 0. The van der Waals surface area contributed by atoms with Crippen molar-refractivity contribution in [3.8, 4) is 0 Å². The first-order valence-corrected chi connectivity index (χ1v) is 40.5. The maximum absolute atomic E-state index is 12.5. The Morgan fingerprint density at radius 3 is 0.868 bits per heavy atom. The fraction of sp³-hybridized carbons (Fsp3) is 0.805. The summed E-state index contributed by atoms with van der Waals surface area (Å²) in [6.45, 7) is 9.85. The second-order valence-corrected chi connectivity index (χ2v) is 29.1. The molecule has 2 fully saturated rings. The van der Waals surface area contributed by atoms with Crippen molar-refractivity contribution >= 4 is 5.97 Å². The van der Waals surface area contributed by atoms with E-state index in [1.807, 2.05) is 14.1 Å². The van der Waals surface area contributed by atoms with Crippen molar-refractivity contribution in [3.05, 3.63) is 97.2 Å². The third-order valence-corrected chi connectivity index (χ3v) is 20.0. The number of hydrogen-bond acceptors (Lipinski definition) is 4. The minimum Gasteiger partial charge on any atom is -0.462 e. The van der Waals surface area contributed by atoms with E-state index in [9.17, 15) is 9.90 Å². The number of aliphatic hydroxyl groups excluding tert-OH is 1. The standard InChI is InChI=1S/C46H83NO2.C41H74O/c1-5-7-9-11-13-15-17-19-21-23-25-27-29-31-33-35-39-46(41-37-44(43-46)49-45(48)38-42-47(3)4)40-36-34-32-30-28-26-24-22-20-18-16-14-12-10-8-6-2;1-3-5-7-9-11-13-15-17-19-21-23-25-27-29-31-33-36-41(38-35-40(42)39-41)37-34-32-30-28-26-24-22-20-18-16-14-12-10-8-6-4-2/h13-16,19-22,44H,5-12,17-18,23-43H2,1-4H3;11-14,17-20,40,42H,3-10,15-16,21-39H2,1-2H3/b15-13-,16-14-,21-19-,22-20-;13-11-,14-12-,19-17-,20-18-. The number of nitrogens with zero attached hydrogens (tertiary/aromatic N) is 1. The molecule has 1 N–H and O–H groups in total. The molecule has 0 amide bonds. The molecule has 0 aromatic heterocycles. The zero-order valence-electron chi connectivity index (χ0n) is 62.0. The van der Waals surface area contributed by atoms with Gasteiger partial charge in [0.05, 0.1) is 12.5 Å². The van der Waals surface area contributed by atoms with Gasteiger partial charge in [0.1, 0.15) is 6.10 Å². The van der Waals surface area contributed by atoms with Crippen LogP contribution in [0.3, 0.4) is 0 Å². The lowest BCUT2D eigenvalue weighted by atomic mass is 9.76. The summed E-state index contributed by atoms with van der Waals surface area (Å²) < 4.78 is 6.00. The van der Waals surface area contributed by atoms with Crippen LogP contribution in [-0.2, 0) is 9.53 Å². The van der Waals surface area contributed by atoms with E-state index in [0.29, 0.717) is 17.3 Å². The second-order valence-electron chi connectivity index (χ2n) is 29.1. The molecule has 2 aliphatic rings. The maximum atomic E-state index is 12.5. The Balaban J connectivity index is 0.000000921. The van der Waals surface area contributed by atoms with Gasteiger partial charge in [-0.05, 0) is 218 Å². The van der Waals surface area contributed by atoms with Crippen molar-refractivity contribution in [1.29, 1.82) is 0 Å². The molecule has 2 rings (SSSR count). The predicted octanol–water partition coefficient (Wildman–Crippen LogP) is 28.4. The van der Waals surface area contributed by atoms with Gasteiger partial charge >= 0.3 is 5.97 Å². The topological polar surface area (TPSA) is 49.8 Å². The Morgan fingerprint density at radius 1 is 0.352 bits per heavy atom. The van der Waals surface area contributed by atoms with Crippen LogP contribution in [0.25, 0.3) is 0 Å². The predicted molar refractivity (Wildman–Crippen MR) is 408 cm³/mol. The van der Waals surface area contributed by atoms with Crippen molar-refractivity contribution < 1.29 is 14.6 Å². The smallest absolute Gasteiger partial charge is 0.307 e. The zero-order valence-corrected chi connectivity index (χ0v) is 62.0. The number of carbonyl (C=O) groups is 1. The van der Waals surface area contributed by atoms with E-state index < -0.39 is 0 Å². The third kappa shape index (κ3) is 58.4. The van der Waals surface area contributed by atoms with Gasteiger partial charge in [-0.2, -0.15) is 0 Å². The van der Waals surface area contributed by atoms with Gasteiger partial charge in [0.25, 0.3) is 0 Å². The molecular weight excluding hydrogens is 1110 g/mol. The molecule has 0 aromatic rings. The van der Waals surface area contributed by atoms with Crippen molar-refractivity contribution in [1.82, 2.24) is 4.90 Å². The molecule has 2 aliphatic carbocycles. The molecule has 0 bridgehead atoms. The Morgan fingerprint density at radius 2 is 0.604 bits per heavy atom. The highest BCUT2D eigenvalue weighted by Gasteiger charge is 2.40. The first kappa shape index (κ1) is 86.3. The van der Waals surface area contributed by atoms with Crippen molar-refractivity contribution in [2.45, 2.75) is 419 Å². The minimum atomic E-state index is -0.0285. The van der Waals surface area contributed by atoms with Crippen LogP contribution < -0.4 is 0 Å². The van der Waals surface area contributed by atoms with Crippen LogP contribution in [0.2, 0.25) is 0 Å². The van der Waals surface area contributed by atoms with Crippen LogP contribution in [0.5, 0.6) is 0 Å². The lowest BCUT2D eigenvalue weighted by Crippen LogP contribution is -2.23. The van der Waals surface area contributed by atoms with Crippen molar-refractivity contribution in [2.24, 2.45) is 10.8 Å². The Hall–Kier alpha value is -2.69. The summed E-state index contributed by atoms with van der Waals surface area (Å²) in [5.74, 6) is -0.00284. The average Bonchev–Trinajstić information content (AvgIpc) is 2.51. The number of hydrogen-bond donors (Lipinski definition) is 1. The first-order chi connectivity index (χ1) is 44.7. The van der Waals surface area contributed by atoms with E-state index in [2.05, 4.69) is 130 Å². The molecule has 0 heterocycles. The molecule has 4 heteroatoms. The molecule has 2 unspecified atom stereocenters. The van der Waals surface area contributed by atoms with Crippen LogP contribution in [0.15, 0.2) is 97.2 Å². The van der Waals surface area contributed by atoms with E-state index in [1.165, 1.54) is 321 Å². The molecular formula is C87H157NO3. The van der Waals surface area contributed by atoms with Crippen molar-refractivity contribution in [2.75, 3.05) is 20.6 Å². The van der Waals surface area contributed by atoms with Gasteiger partial charge in [-0.1, -0.05) is 305 Å². The summed E-state index contributed by atoms with van der Waals surface area (Å²) in [4.78, 5) is 14.6. The van der Waals surface area contributed by atoms with E-state index in [1.54, 1.807) is 0 Å². The molecule has 0 aliphatic heterocycles. The summed E-state index contributed by atoms with van der Waals surface area (Å²) in [5, 5.41) is 10.3. The highest BCUT2D eigenvalue weighted by atomic mass is 16.5. The Kier molecular flexibility index (Phi) is 63.8. The lowest BCUT2D eigenvalue weighted by molar-refractivity contribution is -0.149. The number of rotatable bonds is 64. The zero-order chi connectivity index (χ0) is 65.8. The van der Waals surface area contributed by atoms with Gasteiger partial charge < -0.3 is 14.7 Å². The van der Waals surface area contributed by atoms with E-state index in [4.69, 9.17) is 4.74 Å². The number of aliphatic hydroxyl groups is 1. The molecule has 2 atom stereocenters. The monoisotopic (exact) mass is 1260 g/mol. The van der Waals surface area contributed by atoms with Gasteiger partial charge in [0.2, 0.25) is 0 Å². The molecule has 2 saturated carbocycles. The van der Waals surface area contributed by atoms with Gasteiger partial charge in [-0.15, -0.1) is 0 Å². The Bertz CT molecular complexity index is 1680. The number of unbranched alkanes of at least 4 members (excludes halogenated alkanes) is 36. The van der Waals surface area contributed by atoms with Gasteiger partial charge in [0, 0.05) is 6.54 Å². The summed E-state index contributed by atoms with van der Waals surface area (Å²) in [7, 11) is 4.04. The quantitative estimate of drug-likeness (QED) is 0.0375. The van der Waals surface area contributed by atoms with Crippen LogP contribution in [0.4, 0.5) is 0 Å². The number of esters is 1. The third-order valence-electron chi connectivity index (χ3n) is 20.0. The van der Waals surface area contributed by atoms with Crippen molar-refractivity contribution in [3.63, 3.8) is 0 Å². The van der Waals surface area contributed by atoms with Crippen LogP contribution in [0, 0.1) is 10.8 Å². The van der Waals surface area contributed by atoms with Crippen LogP contribution in [-0.4, -0.2) is 48.8 Å². The molecule has 528 valence electrons. The second kappa shape index (κ2) is 67.3. The molecule has 0 aromatic carbocycles. The van der Waals surface area contributed by atoms with Crippen LogP contribution >= 0.6 is 0 Å². The van der Waals surface area contributed by atoms with E-state index in [-0.39, 0.29) is 18.2 Å². The first-order valence-electron chi connectivity index (χ1n) is 40.5.